The predicted octanol–water partition coefficient (Wildman–Crippen LogP) is 3.74. The number of hydrogen-bond donors (Lipinski definition) is 4. The van der Waals surface area contributed by atoms with Crippen LogP contribution in [0.5, 0.6) is 5.75 Å². The summed E-state index contributed by atoms with van der Waals surface area (Å²) < 4.78 is 11.4. The summed E-state index contributed by atoms with van der Waals surface area (Å²) in [6.07, 6.45) is 8.89. The molecule has 0 spiro atoms. The number of rotatable bonds is 13. The van der Waals surface area contributed by atoms with Gasteiger partial charge in [0.25, 0.3) is 0 Å². The molecule has 0 fully saturated rings. The lowest BCUT2D eigenvalue weighted by Gasteiger charge is -2.08. The lowest BCUT2D eigenvalue weighted by atomic mass is 10.2. The summed E-state index contributed by atoms with van der Waals surface area (Å²) >= 11 is 0. The molecule has 0 radical (unpaired) electrons. The maximum atomic E-state index is 7.43. The van der Waals surface area contributed by atoms with Crippen molar-refractivity contribution < 1.29 is 9.47 Å². The number of benzene rings is 1. The molecule has 0 aromatic heterocycles. The minimum absolute atomic E-state index is 0.0521. The van der Waals surface area contributed by atoms with E-state index < -0.39 is 0 Å². The van der Waals surface area contributed by atoms with Gasteiger partial charge >= 0.3 is 0 Å². The number of amidine groups is 2. The number of ether oxygens (including phenoxy) is 2. The van der Waals surface area contributed by atoms with Crippen LogP contribution in [0, 0.1) is 10.8 Å². The molecule has 1 aromatic carbocycles. The van der Waals surface area contributed by atoms with Crippen molar-refractivity contribution in [3.05, 3.63) is 53.4 Å². The third-order valence-electron chi connectivity index (χ3n) is 3.78. The quantitative estimate of drug-likeness (QED) is 0.178. The zero-order chi connectivity index (χ0) is 20.8. The lowest BCUT2D eigenvalue weighted by Crippen LogP contribution is -2.11. The number of nitrogens with two attached hydrogens (primary N) is 2. The summed E-state index contributed by atoms with van der Waals surface area (Å²) in [6.45, 7) is 5.04. The molecule has 0 saturated carbocycles. The monoisotopic (exact) mass is 385 g/mol. The molecule has 1 aromatic rings. The van der Waals surface area contributed by atoms with Crippen LogP contribution in [-0.2, 0) is 4.74 Å². The smallest absolute Gasteiger partial charge is 0.141 e. The van der Waals surface area contributed by atoms with Gasteiger partial charge in [0.15, 0.2) is 0 Å². The van der Waals surface area contributed by atoms with E-state index in [1.807, 2.05) is 25.1 Å². The summed E-state index contributed by atoms with van der Waals surface area (Å²) in [5.41, 5.74) is 12.0. The van der Waals surface area contributed by atoms with Gasteiger partial charge in [-0.25, -0.2) is 4.99 Å². The van der Waals surface area contributed by atoms with Gasteiger partial charge in [0, 0.05) is 5.56 Å². The van der Waals surface area contributed by atoms with Crippen LogP contribution in [0.4, 0.5) is 0 Å². The van der Waals surface area contributed by atoms with Crippen molar-refractivity contribution in [3.63, 3.8) is 0 Å². The molecule has 0 bridgehead atoms. The fourth-order valence-electron chi connectivity index (χ4n) is 2.27. The molecule has 0 amide bonds. The minimum Gasteiger partial charge on any atom is -0.494 e. The maximum absolute atomic E-state index is 7.43. The van der Waals surface area contributed by atoms with Gasteiger partial charge in [-0.15, -0.1) is 0 Å². The fourth-order valence-corrected chi connectivity index (χ4v) is 2.27. The highest BCUT2D eigenvalue weighted by molar-refractivity contribution is 5.96. The van der Waals surface area contributed by atoms with Gasteiger partial charge in [0.1, 0.15) is 28.9 Å². The van der Waals surface area contributed by atoms with Crippen molar-refractivity contribution in [2.45, 2.75) is 39.5 Å². The van der Waals surface area contributed by atoms with Crippen molar-refractivity contribution in [2.24, 2.45) is 16.5 Å². The molecular weight excluding hydrogens is 354 g/mol. The number of allylic oxidation sites excluding steroid dienone is 3. The number of hydrogen-bond acceptors (Lipinski definition) is 5. The van der Waals surface area contributed by atoms with E-state index in [2.05, 4.69) is 4.99 Å². The third-order valence-corrected chi connectivity index (χ3v) is 3.78. The van der Waals surface area contributed by atoms with Gasteiger partial charge in [-0.1, -0.05) is 13.0 Å². The van der Waals surface area contributed by atoms with E-state index in [1.54, 1.807) is 31.3 Å². The van der Waals surface area contributed by atoms with E-state index in [0.717, 1.165) is 31.4 Å². The number of nitrogens with zero attached hydrogens (tertiary/aromatic N) is 1. The molecule has 152 valence electrons. The van der Waals surface area contributed by atoms with Crippen molar-refractivity contribution in [3.8, 4) is 5.75 Å². The largest absolute Gasteiger partial charge is 0.494 e. The van der Waals surface area contributed by atoms with Crippen molar-refractivity contribution >= 4 is 17.9 Å². The number of nitrogen functional groups attached to an aromatic ring is 1. The van der Waals surface area contributed by atoms with Crippen LogP contribution in [0.15, 0.2) is 52.9 Å². The minimum atomic E-state index is -0.0643. The SMILES string of the molecule is C\C=C(/N=C/C(=C/CC)OCCCCCOc1ccc(C(=N)N)cc1)C(=N)N. The molecule has 6 N–H and O–H groups in total. The first kappa shape index (κ1) is 23.0. The Bertz CT molecular complexity index is 721. The molecule has 7 heteroatoms. The Labute approximate surface area is 167 Å². The van der Waals surface area contributed by atoms with E-state index in [0.29, 0.717) is 30.2 Å². The number of unbranched alkanes of at least 4 members (excludes halogenated alkanes) is 2. The topological polar surface area (TPSA) is 131 Å². The molecule has 7 nitrogen and oxygen atoms in total. The Kier molecular flexibility index (Phi) is 10.8. The molecule has 1 rings (SSSR count). The second-order valence-electron chi connectivity index (χ2n) is 6.06. The zero-order valence-corrected chi connectivity index (χ0v) is 16.7. The molecule has 0 aliphatic heterocycles. The summed E-state index contributed by atoms with van der Waals surface area (Å²) in [5, 5.41) is 14.8. The Morgan fingerprint density at radius 3 is 2.32 bits per heavy atom. The number of aliphatic imine (C=N–C) groups is 1. The highest BCUT2D eigenvalue weighted by Gasteiger charge is 2.00. The first-order chi connectivity index (χ1) is 13.5. The molecule has 0 heterocycles. The molecule has 0 aliphatic carbocycles. The predicted molar refractivity (Wildman–Crippen MR) is 115 cm³/mol. The molecule has 0 aliphatic rings. The number of nitrogens with one attached hydrogen (secondary N) is 2. The second kappa shape index (κ2) is 13.1. The van der Waals surface area contributed by atoms with Crippen molar-refractivity contribution in [1.82, 2.24) is 0 Å². The molecule has 0 unspecified atom stereocenters. The van der Waals surface area contributed by atoms with Gasteiger partial charge in [0.2, 0.25) is 0 Å². The van der Waals surface area contributed by atoms with Crippen molar-refractivity contribution in [1.29, 1.82) is 10.8 Å². The average molecular weight is 386 g/mol. The Morgan fingerprint density at radius 2 is 1.75 bits per heavy atom. The highest BCUT2D eigenvalue weighted by Crippen LogP contribution is 2.12. The van der Waals surface area contributed by atoms with Crippen LogP contribution < -0.4 is 16.2 Å². The highest BCUT2D eigenvalue weighted by atomic mass is 16.5. The summed E-state index contributed by atoms with van der Waals surface area (Å²) in [4.78, 5) is 4.19. The first-order valence-corrected chi connectivity index (χ1v) is 9.42. The Morgan fingerprint density at radius 1 is 1.07 bits per heavy atom. The van der Waals surface area contributed by atoms with Crippen LogP contribution in [0.25, 0.3) is 0 Å². The van der Waals surface area contributed by atoms with E-state index in [4.69, 9.17) is 31.8 Å². The van der Waals surface area contributed by atoms with Crippen LogP contribution in [0.2, 0.25) is 0 Å². The second-order valence-corrected chi connectivity index (χ2v) is 6.06. The third kappa shape index (κ3) is 9.02. The molecule has 0 saturated heterocycles. The van der Waals surface area contributed by atoms with Gasteiger partial charge in [-0.2, -0.15) is 0 Å². The molecule has 28 heavy (non-hydrogen) atoms. The van der Waals surface area contributed by atoms with Crippen LogP contribution in [-0.4, -0.2) is 31.1 Å². The summed E-state index contributed by atoms with van der Waals surface area (Å²) in [6, 6.07) is 7.20. The standard InChI is InChI=1S/C21H31N5O2/c1-3-8-18(15-26-19(4-2)21(24)25)28-14-7-5-6-13-27-17-11-9-16(10-12-17)20(22)23/h4,8-12,15H,3,5-7,13-14H2,1-2H3,(H3,22,23)(H3,24,25)/b18-8-,19-4-,26-15+. The van der Waals surface area contributed by atoms with Crippen LogP contribution in [0.1, 0.15) is 45.1 Å². The van der Waals surface area contributed by atoms with Gasteiger partial charge in [-0.3, -0.25) is 10.8 Å². The van der Waals surface area contributed by atoms with Gasteiger partial charge in [0.05, 0.1) is 19.4 Å². The summed E-state index contributed by atoms with van der Waals surface area (Å²) in [5.74, 6) is 1.45. The fraction of sp³-hybridized carbons (Fsp3) is 0.381. The van der Waals surface area contributed by atoms with E-state index in [1.165, 1.54) is 0 Å². The van der Waals surface area contributed by atoms with Gasteiger partial charge in [-0.05, 0) is 62.9 Å². The lowest BCUT2D eigenvalue weighted by molar-refractivity contribution is 0.219. The normalized spacial score (nSPS) is 12.2. The van der Waals surface area contributed by atoms with E-state index >= 15 is 0 Å². The molecular formula is C21H31N5O2. The zero-order valence-electron chi connectivity index (χ0n) is 16.7. The molecule has 0 atom stereocenters. The first-order valence-electron chi connectivity index (χ1n) is 9.42. The van der Waals surface area contributed by atoms with Crippen LogP contribution >= 0.6 is 0 Å². The maximum Gasteiger partial charge on any atom is 0.141 e. The average Bonchev–Trinajstić information content (AvgIpc) is 2.67. The van der Waals surface area contributed by atoms with E-state index in [-0.39, 0.29) is 11.7 Å². The van der Waals surface area contributed by atoms with Crippen LogP contribution in [0.3, 0.4) is 0 Å². The van der Waals surface area contributed by atoms with Gasteiger partial charge < -0.3 is 20.9 Å². The van der Waals surface area contributed by atoms with E-state index in [9.17, 15) is 0 Å². The Balaban J connectivity index is 2.27. The summed E-state index contributed by atoms with van der Waals surface area (Å²) in [7, 11) is 0. The Hall–Kier alpha value is -3.09. The van der Waals surface area contributed by atoms with Crippen molar-refractivity contribution in [2.75, 3.05) is 13.2 Å².